The van der Waals surface area contributed by atoms with Gasteiger partial charge in [0.2, 0.25) is 27.8 Å². The van der Waals surface area contributed by atoms with Crippen LogP contribution in [0.15, 0.2) is 48.5 Å². The van der Waals surface area contributed by atoms with E-state index < -0.39 is 68.3 Å². The zero-order valence-electron chi connectivity index (χ0n) is 28.1. The molecule has 14 nitrogen and oxygen atoms in total. The molecule has 3 aliphatic rings. The molecule has 3 amide bonds. The van der Waals surface area contributed by atoms with E-state index in [9.17, 15) is 36.0 Å². The van der Waals surface area contributed by atoms with Gasteiger partial charge in [0.25, 0.3) is 11.8 Å². The number of anilines is 3. The molecule has 3 aliphatic carbocycles. The van der Waals surface area contributed by atoms with E-state index in [4.69, 9.17) is 16.3 Å². The summed E-state index contributed by atoms with van der Waals surface area (Å²) in [6, 6.07) is 12.6. The van der Waals surface area contributed by atoms with Crippen LogP contribution >= 0.6 is 11.6 Å². The van der Waals surface area contributed by atoms with Crippen molar-refractivity contribution in [3.8, 4) is 6.01 Å². The van der Waals surface area contributed by atoms with Crippen LogP contribution < -0.4 is 30.7 Å². The largest absolute Gasteiger partial charge is 0.454 e. The first kappa shape index (κ1) is 37.1. The van der Waals surface area contributed by atoms with Crippen molar-refractivity contribution in [1.82, 2.24) is 30.3 Å². The Hall–Kier alpha value is -4.71. The molecular weight excluding hydrogens is 729 g/mol. The van der Waals surface area contributed by atoms with E-state index in [2.05, 4.69) is 40.9 Å². The Morgan fingerprint density at radius 3 is 2.13 bits per heavy atom. The zero-order chi connectivity index (χ0) is 37.5. The number of amides is 3. The minimum atomic E-state index is -4.62. The van der Waals surface area contributed by atoms with Gasteiger partial charge in [-0.05, 0) is 94.3 Å². The summed E-state index contributed by atoms with van der Waals surface area (Å²) in [5.41, 5.74) is -1.48. The zero-order valence-corrected chi connectivity index (χ0v) is 29.6. The molecule has 0 aliphatic heterocycles. The summed E-state index contributed by atoms with van der Waals surface area (Å²) >= 11 is 6.02. The molecule has 3 aromatic rings. The van der Waals surface area contributed by atoms with Gasteiger partial charge in [0.05, 0.1) is 16.2 Å². The molecule has 1 aromatic heterocycles. The lowest BCUT2D eigenvalue weighted by Crippen LogP contribution is -2.55. The van der Waals surface area contributed by atoms with Gasteiger partial charge in [-0.2, -0.15) is 28.1 Å². The molecule has 278 valence electrons. The quantitative estimate of drug-likeness (QED) is 0.148. The van der Waals surface area contributed by atoms with Gasteiger partial charge in [-0.1, -0.05) is 23.7 Å². The summed E-state index contributed by atoms with van der Waals surface area (Å²) in [7, 11) is -3.77. The monoisotopic (exact) mass is 764 g/mol. The van der Waals surface area contributed by atoms with Gasteiger partial charge in [-0.15, -0.1) is 0 Å². The summed E-state index contributed by atoms with van der Waals surface area (Å²) in [5.74, 6) is -1.93. The molecule has 0 unspecified atom stereocenters. The van der Waals surface area contributed by atoms with Gasteiger partial charge < -0.3 is 26.0 Å². The van der Waals surface area contributed by atoms with E-state index in [1.165, 1.54) is 24.3 Å². The van der Waals surface area contributed by atoms with E-state index in [0.29, 0.717) is 36.4 Å². The number of ether oxygens (including phenoxy) is 1. The molecule has 3 fully saturated rings. The lowest BCUT2D eigenvalue weighted by molar-refractivity contribution is -0.154. The Bertz CT molecular complexity index is 1970. The fraction of sp³-hybridized carbons (Fsp3) is 0.455. The highest BCUT2D eigenvalue weighted by molar-refractivity contribution is 7.91. The van der Waals surface area contributed by atoms with Crippen LogP contribution in [0.5, 0.6) is 6.01 Å². The van der Waals surface area contributed by atoms with Crippen LogP contribution in [0, 0.1) is 5.41 Å². The molecule has 0 saturated heterocycles. The first-order valence-corrected chi connectivity index (χ1v) is 18.3. The Morgan fingerprint density at radius 2 is 1.56 bits per heavy atom. The number of sulfonamides is 1. The number of halogens is 4. The molecule has 2 aromatic carbocycles. The van der Waals surface area contributed by atoms with E-state index in [1.807, 2.05) is 12.1 Å². The van der Waals surface area contributed by atoms with Crippen molar-refractivity contribution in [2.24, 2.45) is 5.41 Å². The fourth-order valence-electron chi connectivity index (χ4n) is 5.20. The SMILES string of the molecule is CC(C)(CNC(=O)c1ccc(Nc2nc(NC3(c4ccc(Cl)cc4)CC3)nc(OCC(F)(F)F)n2)cc1)C(=O)NC1(C(=O)NS(=O)(=O)C2CC2)CC1. The number of nitrogens with one attached hydrogen (secondary N) is 5. The van der Waals surface area contributed by atoms with Gasteiger partial charge in [0, 0.05) is 22.8 Å². The van der Waals surface area contributed by atoms with Gasteiger partial charge in [0.15, 0.2) is 6.61 Å². The number of nitrogens with zero attached hydrogens (tertiary/aromatic N) is 3. The van der Waals surface area contributed by atoms with Crippen LogP contribution in [0.1, 0.15) is 68.3 Å². The molecule has 3 saturated carbocycles. The highest BCUT2D eigenvalue weighted by atomic mass is 35.5. The van der Waals surface area contributed by atoms with Crippen LogP contribution in [0.4, 0.5) is 30.8 Å². The molecule has 52 heavy (non-hydrogen) atoms. The second-order valence-electron chi connectivity index (χ2n) is 13.9. The van der Waals surface area contributed by atoms with Crippen molar-refractivity contribution in [2.45, 2.75) is 74.9 Å². The molecule has 5 N–H and O–H groups in total. The first-order valence-electron chi connectivity index (χ1n) is 16.4. The lowest BCUT2D eigenvalue weighted by Gasteiger charge is -2.27. The van der Waals surface area contributed by atoms with Crippen molar-refractivity contribution in [3.63, 3.8) is 0 Å². The Kier molecular flexibility index (Phi) is 9.75. The maximum atomic E-state index is 13.1. The average Bonchev–Trinajstić information content (AvgIpc) is 3.92. The number of rotatable bonds is 15. The number of carbonyl (C=O) groups excluding carboxylic acids is 3. The highest BCUT2D eigenvalue weighted by Crippen LogP contribution is 2.48. The molecule has 19 heteroatoms. The summed E-state index contributed by atoms with van der Waals surface area (Å²) in [4.78, 5) is 51.2. The topological polar surface area (TPSA) is 193 Å². The van der Waals surface area contributed by atoms with E-state index in [-0.39, 0.29) is 24.0 Å². The maximum Gasteiger partial charge on any atom is 0.422 e. The molecule has 0 spiro atoms. The number of hydrogen-bond donors (Lipinski definition) is 5. The van der Waals surface area contributed by atoms with Crippen molar-refractivity contribution >= 4 is 56.9 Å². The van der Waals surface area contributed by atoms with Crippen molar-refractivity contribution < 1.29 is 40.7 Å². The van der Waals surface area contributed by atoms with Crippen LogP contribution in [0.2, 0.25) is 5.02 Å². The predicted molar refractivity (Wildman–Crippen MR) is 183 cm³/mol. The Morgan fingerprint density at radius 1 is 0.923 bits per heavy atom. The molecule has 1 heterocycles. The van der Waals surface area contributed by atoms with Gasteiger partial charge in [-0.25, -0.2) is 8.42 Å². The van der Waals surface area contributed by atoms with E-state index >= 15 is 0 Å². The summed E-state index contributed by atoms with van der Waals surface area (Å²) in [5, 5.41) is 11.4. The first-order chi connectivity index (χ1) is 24.4. The molecular formula is C33H36ClF3N8O6S. The van der Waals surface area contributed by atoms with Crippen LogP contribution in [-0.2, 0) is 25.2 Å². The second-order valence-corrected chi connectivity index (χ2v) is 16.3. The third kappa shape index (κ3) is 9.01. The number of hydrogen-bond acceptors (Lipinski definition) is 11. The van der Waals surface area contributed by atoms with E-state index in [1.54, 1.807) is 26.0 Å². The molecule has 0 atom stereocenters. The number of aromatic nitrogens is 3. The summed E-state index contributed by atoms with van der Waals surface area (Å²) in [6.45, 7) is 1.45. The minimum absolute atomic E-state index is 0.0127. The molecule has 6 rings (SSSR count). The van der Waals surface area contributed by atoms with E-state index in [0.717, 1.165) is 18.4 Å². The Balaban J connectivity index is 1.07. The highest BCUT2D eigenvalue weighted by Gasteiger charge is 2.54. The van der Waals surface area contributed by atoms with Gasteiger partial charge >= 0.3 is 12.2 Å². The third-order valence-electron chi connectivity index (χ3n) is 8.92. The van der Waals surface area contributed by atoms with Crippen LogP contribution in [0.25, 0.3) is 0 Å². The van der Waals surface area contributed by atoms with Gasteiger partial charge in [-0.3, -0.25) is 19.1 Å². The normalized spacial score (nSPS) is 17.3. The van der Waals surface area contributed by atoms with Crippen LogP contribution in [0.3, 0.4) is 0 Å². The van der Waals surface area contributed by atoms with Gasteiger partial charge in [0.1, 0.15) is 5.54 Å². The number of carbonyl (C=O) groups is 3. The molecule has 0 radical (unpaired) electrons. The standard InChI is InChI=1S/C33H36ClF3N8O6S/c1-30(2,25(47)43-32(15-16-32)26(48)45-52(49,50)23-11-12-23)17-38-24(46)19-3-9-22(10-4-19)39-27-40-28(42-29(41-27)51-18-33(35,36)37)44-31(13-14-31)20-5-7-21(34)8-6-20/h3-10,23H,11-18H2,1-2H3,(H,38,46)(H,43,47)(H,45,48)(H2,39,40,41,42,44). The Labute approximate surface area is 302 Å². The van der Waals surface area contributed by atoms with Crippen molar-refractivity contribution in [3.05, 3.63) is 64.7 Å². The van der Waals surface area contributed by atoms with Crippen molar-refractivity contribution in [1.29, 1.82) is 0 Å². The second kappa shape index (κ2) is 13.7. The summed E-state index contributed by atoms with van der Waals surface area (Å²) < 4.78 is 70.1. The smallest absolute Gasteiger partial charge is 0.422 e. The average molecular weight is 765 g/mol. The molecule has 0 bridgehead atoms. The number of benzene rings is 2. The minimum Gasteiger partial charge on any atom is -0.454 e. The summed E-state index contributed by atoms with van der Waals surface area (Å²) in [6.07, 6.45) is -1.62. The predicted octanol–water partition coefficient (Wildman–Crippen LogP) is 4.32. The fourth-order valence-corrected chi connectivity index (χ4v) is 6.70. The lowest BCUT2D eigenvalue weighted by atomic mass is 9.91. The van der Waals surface area contributed by atoms with Crippen molar-refractivity contribution in [2.75, 3.05) is 23.8 Å². The van der Waals surface area contributed by atoms with Crippen LogP contribution in [-0.4, -0.2) is 71.2 Å². The number of alkyl halides is 3. The third-order valence-corrected chi connectivity index (χ3v) is 11.0. The maximum absolute atomic E-state index is 13.1.